The second-order valence-corrected chi connectivity index (χ2v) is 5.66. The Bertz CT molecular complexity index is 279. The normalized spacial score (nSPS) is 32.4. The van der Waals surface area contributed by atoms with Crippen molar-refractivity contribution in [2.45, 2.75) is 57.2 Å². The van der Waals surface area contributed by atoms with Crippen molar-refractivity contribution < 1.29 is 9.90 Å². The van der Waals surface area contributed by atoms with Gasteiger partial charge in [0.25, 0.3) is 0 Å². The monoisotopic (exact) mass is 240 g/mol. The van der Waals surface area contributed by atoms with Crippen LogP contribution in [0.4, 0.5) is 0 Å². The first-order valence-electron chi connectivity index (χ1n) is 6.75. The summed E-state index contributed by atoms with van der Waals surface area (Å²) >= 11 is 0. The summed E-state index contributed by atoms with van der Waals surface area (Å²) in [7, 11) is 2.15. The van der Waals surface area contributed by atoms with Gasteiger partial charge in [-0.3, -0.25) is 9.69 Å². The minimum atomic E-state index is -0.666. The van der Waals surface area contributed by atoms with E-state index in [1.165, 1.54) is 19.3 Å². The Kier molecular flexibility index (Phi) is 4.05. The summed E-state index contributed by atoms with van der Waals surface area (Å²) in [4.78, 5) is 15.7. The van der Waals surface area contributed by atoms with Gasteiger partial charge in [-0.25, -0.2) is 0 Å². The number of likely N-dealkylation sites (N-methyl/N-ethyl adjacent to an activating group) is 1. The van der Waals surface area contributed by atoms with Crippen molar-refractivity contribution in [3.8, 4) is 0 Å². The molecule has 0 aromatic carbocycles. The molecule has 1 saturated carbocycles. The Morgan fingerprint density at radius 3 is 2.65 bits per heavy atom. The zero-order valence-corrected chi connectivity index (χ0v) is 10.9. The molecule has 4 heteroatoms. The van der Waals surface area contributed by atoms with Gasteiger partial charge in [0.2, 0.25) is 0 Å². The maximum Gasteiger partial charge on any atom is 0.303 e. The molecule has 1 aliphatic carbocycles. The van der Waals surface area contributed by atoms with Crippen molar-refractivity contribution in [2.75, 3.05) is 20.1 Å². The Morgan fingerprint density at radius 2 is 2.06 bits per heavy atom. The molecule has 98 valence electrons. The Hall–Kier alpha value is -0.610. The van der Waals surface area contributed by atoms with E-state index in [0.717, 1.165) is 25.6 Å². The van der Waals surface area contributed by atoms with Gasteiger partial charge in [-0.1, -0.05) is 0 Å². The second kappa shape index (κ2) is 5.36. The molecule has 0 aromatic rings. The minimum absolute atomic E-state index is 0.300. The highest BCUT2D eigenvalue weighted by molar-refractivity contribution is 5.66. The Labute approximate surface area is 104 Å². The molecular weight excluding hydrogens is 216 g/mol. The first-order valence-corrected chi connectivity index (χ1v) is 6.75. The molecule has 0 amide bonds. The molecule has 4 nitrogen and oxygen atoms in total. The van der Waals surface area contributed by atoms with Crippen LogP contribution < -0.4 is 0 Å². The fraction of sp³-hybridized carbons (Fsp3) is 0.923. The summed E-state index contributed by atoms with van der Waals surface area (Å²) in [5.74, 6) is -0.666. The highest BCUT2D eigenvalue weighted by Gasteiger charge is 2.38. The summed E-state index contributed by atoms with van der Waals surface area (Å²) in [6, 6.07) is 1.77. The third-order valence-corrected chi connectivity index (χ3v) is 4.04. The topological polar surface area (TPSA) is 43.8 Å². The molecule has 1 heterocycles. The number of hydrogen-bond acceptors (Lipinski definition) is 3. The van der Waals surface area contributed by atoms with Gasteiger partial charge in [0.15, 0.2) is 0 Å². The van der Waals surface area contributed by atoms with Gasteiger partial charge < -0.3 is 10.0 Å². The van der Waals surface area contributed by atoms with E-state index in [0.29, 0.717) is 18.5 Å². The molecule has 0 spiro atoms. The summed E-state index contributed by atoms with van der Waals surface area (Å²) in [6.45, 7) is 4.45. The zero-order valence-electron chi connectivity index (χ0n) is 10.9. The van der Waals surface area contributed by atoms with E-state index in [1.54, 1.807) is 0 Å². The first-order chi connectivity index (χ1) is 8.08. The summed E-state index contributed by atoms with van der Waals surface area (Å²) in [5.41, 5.74) is 0. The highest BCUT2D eigenvalue weighted by Crippen LogP contribution is 2.34. The number of aliphatic carboxylic acids is 1. The van der Waals surface area contributed by atoms with Crippen molar-refractivity contribution in [1.29, 1.82) is 0 Å². The number of rotatable bonds is 4. The largest absolute Gasteiger partial charge is 0.481 e. The van der Waals surface area contributed by atoms with Crippen molar-refractivity contribution in [3.63, 3.8) is 0 Å². The second-order valence-electron chi connectivity index (χ2n) is 5.66. The van der Waals surface area contributed by atoms with E-state index >= 15 is 0 Å². The van der Waals surface area contributed by atoms with E-state index in [4.69, 9.17) is 5.11 Å². The molecule has 0 bridgehead atoms. The van der Waals surface area contributed by atoms with E-state index in [1.807, 2.05) is 0 Å². The molecule has 2 aliphatic rings. The standard InChI is InChI=1S/C13H24N2O2/c1-10-7-8-14(2)9-12(5-6-13(16)17)15(10)11-3-4-11/h10-12H,3-9H2,1-2H3,(H,16,17). The van der Waals surface area contributed by atoms with Gasteiger partial charge in [0.1, 0.15) is 0 Å². The van der Waals surface area contributed by atoms with E-state index < -0.39 is 5.97 Å². The molecular formula is C13H24N2O2. The van der Waals surface area contributed by atoms with Gasteiger partial charge in [0, 0.05) is 31.1 Å². The Balaban J connectivity index is 2.01. The average Bonchev–Trinajstić information content (AvgIpc) is 3.06. The van der Waals surface area contributed by atoms with E-state index in [2.05, 4.69) is 23.8 Å². The van der Waals surface area contributed by atoms with Crippen LogP contribution in [0.15, 0.2) is 0 Å². The third-order valence-electron chi connectivity index (χ3n) is 4.04. The third kappa shape index (κ3) is 3.42. The van der Waals surface area contributed by atoms with Crippen molar-refractivity contribution in [2.24, 2.45) is 0 Å². The van der Waals surface area contributed by atoms with Crippen LogP contribution in [-0.2, 0) is 4.79 Å². The quantitative estimate of drug-likeness (QED) is 0.807. The van der Waals surface area contributed by atoms with Crippen LogP contribution in [0.5, 0.6) is 0 Å². The summed E-state index contributed by atoms with van der Waals surface area (Å²) < 4.78 is 0. The van der Waals surface area contributed by atoms with Crippen molar-refractivity contribution >= 4 is 5.97 Å². The lowest BCUT2D eigenvalue weighted by atomic mass is 10.1. The number of hydrogen-bond donors (Lipinski definition) is 1. The predicted octanol–water partition coefficient (Wildman–Crippen LogP) is 1.41. The highest BCUT2D eigenvalue weighted by atomic mass is 16.4. The number of nitrogens with zero attached hydrogens (tertiary/aromatic N) is 2. The van der Waals surface area contributed by atoms with Gasteiger partial charge >= 0.3 is 5.97 Å². The molecule has 2 rings (SSSR count). The van der Waals surface area contributed by atoms with Gasteiger partial charge in [-0.15, -0.1) is 0 Å². The van der Waals surface area contributed by atoms with Crippen molar-refractivity contribution in [1.82, 2.24) is 9.80 Å². The maximum atomic E-state index is 10.8. The van der Waals surface area contributed by atoms with Gasteiger partial charge in [0.05, 0.1) is 0 Å². The summed E-state index contributed by atoms with van der Waals surface area (Å²) in [5, 5.41) is 8.85. The number of carboxylic acid groups (broad SMARTS) is 1. The lowest BCUT2D eigenvalue weighted by molar-refractivity contribution is -0.137. The molecule has 17 heavy (non-hydrogen) atoms. The van der Waals surface area contributed by atoms with Crippen LogP contribution in [0.3, 0.4) is 0 Å². The van der Waals surface area contributed by atoms with Gasteiger partial charge in [-0.2, -0.15) is 0 Å². The molecule has 2 fully saturated rings. The molecule has 1 N–H and O–H groups in total. The molecule has 2 unspecified atom stereocenters. The number of carboxylic acids is 1. The fourth-order valence-electron chi connectivity index (χ4n) is 3.02. The molecule has 1 aliphatic heterocycles. The maximum absolute atomic E-state index is 10.8. The lowest BCUT2D eigenvalue weighted by Crippen LogP contribution is -2.45. The zero-order chi connectivity index (χ0) is 12.4. The molecule has 0 aromatic heterocycles. The molecule has 2 atom stereocenters. The van der Waals surface area contributed by atoms with E-state index in [-0.39, 0.29) is 0 Å². The first kappa shape index (κ1) is 12.8. The van der Waals surface area contributed by atoms with Crippen LogP contribution in [0.1, 0.15) is 39.0 Å². The van der Waals surface area contributed by atoms with Crippen LogP contribution in [0.25, 0.3) is 0 Å². The van der Waals surface area contributed by atoms with Gasteiger partial charge in [-0.05, 0) is 46.2 Å². The lowest BCUT2D eigenvalue weighted by Gasteiger charge is -2.34. The van der Waals surface area contributed by atoms with Crippen LogP contribution in [0.2, 0.25) is 0 Å². The van der Waals surface area contributed by atoms with E-state index in [9.17, 15) is 4.79 Å². The predicted molar refractivity (Wildman–Crippen MR) is 67.1 cm³/mol. The average molecular weight is 240 g/mol. The number of carbonyl (C=O) groups is 1. The van der Waals surface area contributed by atoms with Crippen LogP contribution in [0, 0.1) is 0 Å². The van der Waals surface area contributed by atoms with Crippen LogP contribution in [-0.4, -0.2) is 59.1 Å². The SMILES string of the molecule is CC1CCN(C)CC(CCC(=O)O)N1C1CC1. The van der Waals surface area contributed by atoms with Crippen LogP contribution >= 0.6 is 0 Å². The van der Waals surface area contributed by atoms with Crippen molar-refractivity contribution in [3.05, 3.63) is 0 Å². The molecule has 1 saturated heterocycles. The summed E-state index contributed by atoms with van der Waals surface area (Å²) in [6.07, 6.45) is 4.90. The minimum Gasteiger partial charge on any atom is -0.481 e. The smallest absolute Gasteiger partial charge is 0.303 e. The fourth-order valence-corrected chi connectivity index (χ4v) is 3.02. The Morgan fingerprint density at radius 1 is 1.35 bits per heavy atom. The molecule has 0 radical (unpaired) electrons.